The van der Waals surface area contributed by atoms with Crippen LogP contribution in [0.5, 0.6) is 0 Å². The summed E-state index contributed by atoms with van der Waals surface area (Å²) in [6.45, 7) is 2.64. The molecule has 6 heteroatoms. The lowest BCUT2D eigenvalue weighted by Crippen LogP contribution is -2.11. The maximum absolute atomic E-state index is 6.20. The molecule has 0 aliphatic carbocycles. The van der Waals surface area contributed by atoms with Crippen molar-refractivity contribution in [2.75, 3.05) is 0 Å². The van der Waals surface area contributed by atoms with Crippen LogP contribution >= 0.6 is 11.6 Å². The number of nitrogens with zero attached hydrogens (tertiary/aromatic N) is 5. The number of pyridine rings is 1. The van der Waals surface area contributed by atoms with E-state index in [0.717, 1.165) is 53.6 Å². The first kappa shape index (κ1) is 16.0. The summed E-state index contributed by atoms with van der Waals surface area (Å²) in [6.07, 6.45) is 3.06. The van der Waals surface area contributed by atoms with E-state index in [-0.39, 0.29) is 0 Å². The molecule has 0 unspecified atom stereocenters. The SMILES string of the molecule is CCCCc1nnc2n1-c1ccc(Cl)nc1C(c1ccccc1)=NC2. The quantitative estimate of drug-likeness (QED) is 0.667. The lowest BCUT2D eigenvalue weighted by molar-refractivity contribution is 0.729. The van der Waals surface area contributed by atoms with Gasteiger partial charge in [0.15, 0.2) is 5.82 Å². The summed E-state index contributed by atoms with van der Waals surface area (Å²) in [7, 11) is 0. The maximum atomic E-state index is 6.20. The molecule has 0 radical (unpaired) electrons. The van der Waals surface area contributed by atoms with Gasteiger partial charge in [0.05, 0.1) is 11.4 Å². The Morgan fingerprint density at radius 1 is 1.08 bits per heavy atom. The Hall–Kier alpha value is -2.53. The Morgan fingerprint density at radius 2 is 1.92 bits per heavy atom. The highest BCUT2D eigenvalue weighted by Crippen LogP contribution is 2.26. The van der Waals surface area contributed by atoms with Crippen LogP contribution in [-0.4, -0.2) is 25.5 Å². The van der Waals surface area contributed by atoms with E-state index in [4.69, 9.17) is 16.6 Å². The first-order valence-electron chi connectivity index (χ1n) is 8.48. The van der Waals surface area contributed by atoms with Gasteiger partial charge >= 0.3 is 0 Å². The van der Waals surface area contributed by atoms with Crippen LogP contribution < -0.4 is 0 Å². The molecule has 126 valence electrons. The van der Waals surface area contributed by atoms with E-state index in [1.54, 1.807) is 0 Å². The van der Waals surface area contributed by atoms with Crippen molar-refractivity contribution in [1.82, 2.24) is 19.7 Å². The number of hydrogen-bond donors (Lipinski definition) is 0. The summed E-state index contributed by atoms with van der Waals surface area (Å²) in [5, 5.41) is 9.20. The molecule has 0 N–H and O–H groups in total. The number of aromatic nitrogens is 4. The van der Waals surface area contributed by atoms with Gasteiger partial charge in [-0.1, -0.05) is 55.3 Å². The highest BCUT2D eigenvalue weighted by molar-refractivity contribution is 6.29. The van der Waals surface area contributed by atoms with E-state index in [9.17, 15) is 0 Å². The van der Waals surface area contributed by atoms with E-state index >= 15 is 0 Å². The molecule has 0 saturated heterocycles. The minimum Gasteiger partial charge on any atom is -0.279 e. The van der Waals surface area contributed by atoms with Gasteiger partial charge in [0.25, 0.3) is 0 Å². The molecule has 0 saturated carbocycles. The largest absolute Gasteiger partial charge is 0.279 e. The Morgan fingerprint density at radius 3 is 2.72 bits per heavy atom. The molecular weight excluding hydrogens is 334 g/mol. The van der Waals surface area contributed by atoms with Gasteiger partial charge in [-0.15, -0.1) is 10.2 Å². The number of halogens is 1. The van der Waals surface area contributed by atoms with Crippen LogP contribution in [0.4, 0.5) is 0 Å². The third kappa shape index (κ3) is 2.96. The van der Waals surface area contributed by atoms with Gasteiger partial charge in [-0.05, 0) is 18.6 Å². The van der Waals surface area contributed by atoms with E-state index in [1.165, 1.54) is 0 Å². The van der Waals surface area contributed by atoms with Gasteiger partial charge in [-0.2, -0.15) is 0 Å². The zero-order chi connectivity index (χ0) is 17.2. The lowest BCUT2D eigenvalue weighted by atomic mass is 10.1. The molecule has 1 aliphatic heterocycles. The summed E-state index contributed by atoms with van der Waals surface area (Å²) in [4.78, 5) is 9.37. The molecule has 0 atom stereocenters. The first-order chi connectivity index (χ1) is 12.3. The molecule has 5 nitrogen and oxygen atoms in total. The fraction of sp³-hybridized carbons (Fsp3) is 0.263. The third-order valence-corrected chi connectivity index (χ3v) is 4.49. The maximum Gasteiger partial charge on any atom is 0.159 e. The van der Waals surface area contributed by atoms with Crippen LogP contribution in [0, 0.1) is 0 Å². The first-order valence-corrected chi connectivity index (χ1v) is 8.86. The van der Waals surface area contributed by atoms with Gasteiger partial charge in [0.1, 0.15) is 23.2 Å². The van der Waals surface area contributed by atoms with Crippen molar-refractivity contribution in [3.8, 4) is 5.69 Å². The Bertz CT molecular complexity index is 930. The zero-order valence-electron chi connectivity index (χ0n) is 14.0. The molecule has 4 rings (SSSR count). The van der Waals surface area contributed by atoms with E-state index in [1.807, 2.05) is 42.5 Å². The van der Waals surface area contributed by atoms with Crippen molar-refractivity contribution in [3.63, 3.8) is 0 Å². The predicted molar refractivity (Wildman–Crippen MR) is 98.6 cm³/mol. The Kier molecular flexibility index (Phi) is 4.32. The standard InChI is InChI=1S/C19H18ClN5/c1-2-3-9-16-23-24-17-12-21-18(13-7-5-4-6-8-13)19-14(25(16)17)10-11-15(20)22-19/h4-8,10-11H,2-3,9,12H2,1H3. The minimum absolute atomic E-state index is 0.453. The number of rotatable bonds is 4. The van der Waals surface area contributed by atoms with Crippen molar-refractivity contribution >= 4 is 17.3 Å². The average molecular weight is 352 g/mol. The van der Waals surface area contributed by atoms with Crippen molar-refractivity contribution in [1.29, 1.82) is 0 Å². The van der Waals surface area contributed by atoms with E-state index < -0.39 is 0 Å². The molecule has 0 fully saturated rings. The summed E-state index contributed by atoms with van der Waals surface area (Å²) < 4.78 is 2.09. The normalized spacial score (nSPS) is 13.0. The van der Waals surface area contributed by atoms with Gasteiger partial charge < -0.3 is 0 Å². The second-order valence-corrected chi connectivity index (χ2v) is 6.39. The monoisotopic (exact) mass is 351 g/mol. The smallest absolute Gasteiger partial charge is 0.159 e. The van der Waals surface area contributed by atoms with Crippen LogP contribution in [0.1, 0.15) is 42.7 Å². The molecule has 25 heavy (non-hydrogen) atoms. The molecule has 2 aromatic heterocycles. The summed E-state index contributed by atoms with van der Waals surface area (Å²) in [6, 6.07) is 13.9. The molecule has 1 aromatic carbocycles. The van der Waals surface area contributed by atoms with Gasteiger partial charge in [-0.25, -0.2) is 4.98 Å². The lowest BCUT2D eigenvalue weighted by Gasteiger charge is -2.12. The van der Waals surface area contributed by atoms with Crippen molar-refractivity contribution in [2.45, 2.75) is 32.7 Å². The van der Waals surface area contributed by atoms with Crippen LogP contribution in [-0.2, 0) is 13.0 Å². The van der Waals surface area contributed by atoms with Gasteiger partial charge in [0, 0.05) is 12.0 Å². The summed E-state index contributed by atoms with van der Waals surface area (Å²) >= 11 is 6.20. The number of aliphatic imine (C=N–C) groups is 1. The zero-order valence-corrected chi connectivity index (χ0v) is 14.7. The van der Waals surface area contributed by atoms with Crippen molar-refractivity contribution < 1.29 is 0 Å². The molecule has 0 spiro atoms. The van der Waals surface area contributed by atoms with Gasteiger partial charge in [0.2, 0.25) is 0 Å². The molecule has 0 amide bonds. The average Bonchev–Trinajstić information content (AvgIpc) is 2.96. The van der Waals surface area contributed by atoms with Crippen molar-refractivity contribution in [3.05, 3.63) is 70.5 Å². The second kappa shape index (κ2) is 6.76. The molecule has 1 aliphatic rings. The number of unbranched alkanes of at least 4 members (excludes halogenated alkanes) is 1. The van der Waals surface area contributed by atoms with Crippen LogP contribution in [0.2, 0.25) is 5.15 Å². The van der Waals surface area contributed by atoms with E-state index in [2.05, 4.69) is 26.7 Å². The van der Waals surface area contributed by atoms with Crippen molar-refractivity contribution in [2.24, 2.45) is 4.99 Å². The van der Waals surface area contributed by atoms with Gasteiger partial charge in [-0.3, -0.25) is 9.56 Å². The fourth-order valence-corrected chi connectivity index (χ4v) is 3.21. The second-order valence-electron chi connectivity index (χ2n) is 6.00. The fourth-order valence-electron chi connectivity index (χ4n) is 3.06. The molecular formula is C19H18ClN5. The number of hydrogen-bond acceptors (Lipinski definition) is 4. The summed E-state index contributed by atoms with van der Waals surface area (Å²) in [5.41, 5.74) is 3.57. The Balaban J connectivity index is 1.90. The Labute approximate surface area is 151 Å². The highest BCUT2D eigenvalue weighted by Gasteiger charge is 2.24. The third-order valence-electron chi connectivity index (χ3n) is 4.28. The topological polar surface area (TPSA) is 56.0 Å². The number of benzene rings is 1. The minimum atomic E-state index is 0.453. The molecule has 3 aromatic rings. The van der Waals surface area contributed by atoms with E-state index in [0.29, 0.717) is 11.7 Å². The highest BCUT2D eigenvalue weighted by atomic mass is 35.5. The molecule has 0 bridgehead atoms. The number of fused-ring (bicyclic) bond motifs is 3. The van der Waals surface area contributed by atoms with Crippen LogP contribution in [0.25, 0.3) is 5.69 Å². The van der Waals surface area contributed by atoms with Crippen LogP contribution in [0.15, 0.2) is 47.5 Å². The van der Waals surface area contributed by atoms with Crippen LogP contribution in [0.3, 0.4) is 0 Å². The number of aryl methyl sites for hydroxylation is 1. The summed E-state index contributed by atoms with van der Waals surface area (Å²) in [5.74, 6) is 1.79. The molecule has 3 heterocycles. The predicted octanol–water partition coefficient (Wildman–Crippen LogP) is 4.01.